The lowest BCUT2D eigenvalue weighted by Gasteiger charge is -2.33. The zero-order valence-electron chi connectivity index (χ0n) is 18.7. The smallest absolute Gasteiger partial charge is 0.240 e. The predicted octanol–water partition coefficient (Wildman–Crippen LogP) is 4.11. The van der Waals surface area contributed by atoms with Crippen LogP contribution in [0.1, 0.15) is 27.5 Å². The van der Waals surface area contributed by atoms with Crippen molar-refractivity contribution in [1.29, 1.82) is 0 Å². The first-order valence-corrected chi connectivity index (χ1v) is 11.6. The molecule has 8 heteroatoms. The second kappa shape index (κ2) is 8.06. The summed E-state index contributed by atoms with van der Waals surface area (Å²) in [6.07, 6.45) is 1.68. The number of methoxy groups -OCH3 is 1. The number of para-hydroxylation sites is 1. The van der Waals surface area contributed by atoms with Gasteiger partial charge in [-0.2, -0.15) is 5.10 Å². The molecule has 2 saturated heterocycles. The van der Waals surface area contributed by atoms with Gasteiger partial charge in [0.15, 0.2) is 5.78 Å². The summed E-state index contributed by atoms with van der Waals surface area (Å²) in [5.74, 6) is -2.15. The van der Waals surface area contributed by atoms with Crippen LogP contribution in [0.25, 0.3) is 0 Å². The molecular weight excluding hydrogens is 466 g/mol. The minimum absolute atomic E-state index is 0.274. The summed E-state index contributed by atoms with van der Waals surface area (Å²) in [5, 5.41) is 6.52. The summed E-state index contributed by atoms with van der Waals surface area (Å²) in [7, 11) is 1.55. The van der Waals surface area contributed by atoms with E-state index in [9.17, 15) is 14.4 Å². The van der Waals surface area contributed by atoms with E-state index in [0.717, 1.165) is 16.0 Å². The highest BCUT2D eigenvalue weighted by atomic mass is 35.5. The Morgan fingerprint density at radius 1 is 0.914 bits per heavy atom. The van der Waals surface area contributed by atoms with Crippen molar-refractivity contribution < 1.29 is 19.1 Å². The van der Waals surface area contributed by atoms with Gasteiger partial charge in [0.05, 0.1) is 41.9 Å². The Bertz CT molecular complexity index is 1400. The molecule has 3 aromatic carbocycles. The van der Waals surface area contributed by atoms with Gasteiger partial charge < -0.3 is 4.74 Å². The van der Waals surface area contributed by atoms with Crippen molar-refractivity contribution >= 4 is 41.1 Å². The molecule has 0 aliphatic carbocycles. The summed E-state index contributed by atoms with van der Waals surface area (Å²) in [6.45, 7) is 0. The number of hydrogen-bond acceptors (Lipinski definition) is 6. The molecular formula is C27H20ClN3O4. The van der Waals surface area contributed by atoms with Gasteiger partial charge in [-0.3, -0.25) is 19.4 Å². The molecule has 1 unspecified atom stereocenters. The molecule has 2 amide bonds. The van der Waals surface area contributed by atoms with E-state index in [4.69, 9.17) is 16.3 Å². The average molecular weight is 486 g/mol. The van der Waals surface area contributed by atoms with Crippen molar-refractivity contribution in [2.45, 2.75) is 12.1 Å². The van der Waals surface area contributed by atoms with E-state index in [0.29, 0.717) is 22.0 Å². The van der Waals surface area contributed by atoms with E-state index < -0.39 is 29.8 Å². The second-order valence-corrected chi connectivity index (χ2v) is 9.16. The predicted molar refractivity (Wildman–Crippen MR) is 131 cm³/mol. The maximum atomic E-state index is 13.9. The van der Waals surface area contributed by atoms with Gasteiger partial charge in [0.2, 0.25) is 11.8 Å². The molecule has 0 bridgehead atoms. The molecule has 3 heterocycles. The number of Topliss-reactive ketones (excluding diaryl/α,β-unsaturated/α-hetero) is 1. The first-order valence-electron chi connectivity index (χ1n) is 11.2. The van der Waals surface area contributed by atoms with Gasteiger partial charge in [0, 0.05) is 5.56 Å². The van der Waals surface area contributed by atoms with Crippen molar-refractivity contribution in [3.8, 4) is 5.75 Å². The molecule has 0 N–H and O–H groups in total. The molecule has 0 saturated carbocycles. The number of ether oxygens (including phenoxy) is 1. The van der Waals surface area contributed by atoms with Crippen LogP contribution in [0, 0.1) is 11.8 Å². The zero-order valence-corrected chi connectivity index (χ0v) is 19.4. The van der Waals surface area contributed by atoms with E-state index in [2.05, 4.69) is 5.10 Å². The zero-order chi connectivity index (χ0) is 24.3. The fourth-order valence-corrected chi connectivity index (χ4v) is 5.69. The Labute approximate surface area is 206 Å². The number of anilines is 1. The summed E-state index contributed by atoms with van der Waals surface area (Å²) < 4.78 is 5.21. The summed E-state index contributed by atoms with van der Waals surface area (Å²) >= 11 is 6.37. The number of rotatable bonds is 4. The van der Waals surface area contributed by atoms with Crippen LogP contribution >= 0.6 is 11.6 Å². The Morgan fingerprint density at radius 3 is 2.34 bits per heavy atom. The van der Waals surface area contributed by atoms with Gasteiger partial charge >= 0.3 is 0 Å². The Hall–Kier alpha value is -3.97. The number of amides is 2. The van der Waals surface area contributed by atoms with Gasteiger partial charge in [0.1, 0.15) is 11.8 Å². The first kappa shape index (κ1) is 21.6. The molecule has 35 heavy (non-hydrogen) atoms. The standard InChI is InChI=1S/C27H20ClN3O4/c1-35-17-12-10-15(11-13-17)25(32)24-22-21(23-18-7-3-2-6-16(18)14-29-31(23)24)26(33)30(27(22)34)20-9-5-4-8-19(20)28/h2-14,21-24H,1H3/t21-,22+,23?,24-/m0/s1. The highest BCUT2D eigenvalue weighted by molar-refractivity contribution is 6.36. The molecule has 3 aromatic rings. The van der Waals surface area contributed by atoms with Gasteiger partial charge in [-0.25, -0.2) is 4.90 Å². The quantitative estimate of drug-likeness (QED) is 0.410. The Morgan fingerprint density at radius 2 is 1.60 bits per heavy atom. The SMILES string of the molecule is COc1ccc(C(=O)[C@@H]2[C@@H]3C(=O)N(c4ccccc4Cl)C(=O)[C@@H]3C3c4ccccc4C=NN32)cc1. The Balaban J connectivity index is 1.49. The molecule has 0 radical (unpaired) electrons. The lowest BCUT2D eigenvalue weighted by molar-refractivity contribution is -0.124. The summed E-state index contributed by atoms with van der Waals surface area (Å²) in [6, 6.07) is 19.6. The minimum Gasteiger partial charge on any atom is -0.497 e. The second-order valence-electron chi connectivity index (χ2n) is 8.75. The van der Waals surface area contributed by atoms with Crippen molar-refractivity contribution in [2.75, 3.05) is 12.0 Å². The number of hydrazone groups is 1. The number of ketones is 1. The number of fused-ring (bicyclic) bond motifs is 5. The van der Waals surface area contributed by atoms with Crippen LogP contribution in [0.15, 0.2) is 77.9 Å². The summed E-state index contributed by atoms with van der Waals surface area (Å²) in [5.41, 5.74) is 2.47. The number of carbonyl (C=O) groups excluding carboxylic acids is 3. The van der Waals surface area contributed by atoms with Crippen molar-refractivity contribution in [3.05, 3.63) is 94.5 Å². The number of carbonyl (C=O) groups is 3. The van der Waals surface area contributed by atoms with Crippen molar-refractivity contribution in [1.82, 2.24) is 5.01 Å². The minimum atomic E-state index is -0.938. The topological polar surface area (TPSA) is 79.3 Å². The Kier molecular flexibility index (Phi) is 4.96. The van der Waals surface area contributed by atoms with E-state index in [1.807, 2.05) is 24.3 Å². The molecule has 4 atom stereocenters. The third-order valence-electron chi connectivity index (χ3n) is 7.03. The highest BCUT2D eigenvalue weighted by Gasteiger charge is 2.65. The largest absolute Gasteiger partial charge is 0.497 e. The lowest BCUT2D eigenvalue weighted by Crippen LogP contribution is -2.44. The fourth-order valence-electron chi connectivity index (χ4n) is 5.47. The number of nitrogens with zero attached hydrogens (tertiary/aromatic N) is 3. The molecule has 6 rings (SSSR count). The summed E-state index contributed by atoms with van der Waals surface area (Å²) in [4.78, 5) is 42.7. The van der Waals surface area contributed by atoms with Crippen LogP contribution in [0.4, 0.5) is 5.69 Å². The van der Waals surface area contributed by atoms with Crippen LogP contribution in [-0.2, 0) is 9.59 Å². The van der Waals surface area contributed by atoms with E-state index in [1.54, 1.807) is 66.9 Å². The van der Waals surface area contributed by atoms with Crippen molar-refractivity contribution in [3.63, 3.8) is 0 Å². The van der Waals surface area contributed by atoms with Crippen LogP contribution < -0.4 is 9.64 Å². The molecule has 3 aliphatic heterocycles. The molecule has 7 nitrogen and oxygen atoms in total. The monoisotopic (exact) mass is 485 g/mol. The number of hydrogen-bond donors (Lipinski definition) is 0. The average Bonchev–Trinajstić information content (AvgIpc) is 3.36. The molecule has 0 spiro atoms. The fraction of sp³-hybridized carbons (Fsp3) is 0.185. The van der Waals surface area contributed by atoms with Gasteiger partial charge in [-0.05, 0) is 47.5 Å². The highest BCUT2D eigenvalue weighted by Crippen LogP contribution is 2.53. The lowest BCUT2D eigenvalue weighted by atomic mass is 9.83. The maximum Gasteiger partial charge on any atom is 0.240 e. The van der Waals surface area contributed by atoms with Crippen LogP contribution in [0.5, 0.6) is 5.75 Å². The molecule has 174 valence electrons. The third-order valence-corrected chi connectivity index (χ3v) is 7.35. The van der Waals surface area contributed by atoms with Gasteiger partial charge in [0.25, 0.3) is 0 Å². The van der Waals surface area contributed by atoms with Crippen molar-refractivity contribution in [2.24, 2.45) is 16.9 Å². The maximum absolute atomic E-state index is 13.9. The van der Waals surface area contributed by atoms with E-state index in [1.165, 1.54) is 0 Å². The van der Waals surface area contributed by atoms with Crippen LogP contribution in [0.2, 0.25) is 5.02 Å². The van der Waals surface area contributed by atoms with Crippen LogP contribution in [-0.4, -0.2) is 42.0 Å². The number of halogens is 1. The first-order chi connectivity index (χ1) is 17.0. The van der Waals surface area contributed by atoms with Gasteiger partial charge in [-0.1, -0.05) is 48.0 Å². The third kappa shape index (κ3) is 3.12. The number of benzene rings is 3. The van der Waals surface area contributed by atoms with Crippen LogP contribution in [0.3, 0.4) is 0 Å². The van der Waals surface area contributed by atoms with E-state index in [-0.39, 0.29) is 11.7 Å². The van der Waals surface area contributed by atoms with E-state index >= 15 is 0 Å². The molecule has 3 aliphatic rings. The normalized spacial score (nSPS) is 24.3. The molecule has 0 aromatic heterocycles. The number of imide groups is 1. The van der Waals surface area contributed by atoms with Gasteiger partial charge in [-0.15, -0.1) is 0 Å². The molecule has 2 fully saturated rings.